The normalized spacial score (nSPS) is 18.5. The zero-order valence-corrected chi connectivity index (χ0v) is 11.7. The minimum atomic E-state index is -0.829. The van der Waals surface area contributed by atoms with E-state index in [1.807, 2.05) is 18.2 Å². The first-order valence-electron chi connectivity index (χ1n) is 6.90. The molecule has 2 heterocycles. The molecule has 0 aliphatic carbocycles. The highest BCUT2D eigenvalue weighted by atomic mass is 16.5. The Morgan fingerprint density at radius 2 is 2.29 bits per heavy atom. The molecule has 2 unspecified atom stereocenters. The summed E-state index contributed by atoms with van der Waals surface area (Å²) in [7, 11) is 0. The van der Waals surface area contributed by atoms with Crippen molar-refractivity contribution in [2.45, 2.75) is 25.5 Å². The van der Waals surface area contributed by atoms with Crippen molar-refractivity contribution in [1.29, 1.82) is 0 Å². The number of amides is 1. The summed E-state index contributed by atoms with van der Waals surface area (Å²) in [5.41, 5.74) is 1.60. The van der Waals surface area contributed by atoms with Gasteiger partial charge >= 0.3 is 0 Å². The van der Waals surface area contributed by atoms with Gasteiger partial charge in [-0.2, -0.15) is 0 Å². The number of rotatable bonds is 3. The number of aliphatic hydroxyl groups is 1. The molecule has 3 rings (SSSR count). The predicted molar refractivity (Wildman–Crippen MR) is 75.9 cm³/mol. The highest BCUT2D eigenvalue weighted by Gasteiger charge is 2.24. The number of ether oxygens (including phenoxy) is 1. The third-order valence-electron chi connectivity index (χ3n) is 3.58. The van der Waals surface area contributed by atoms with Crippen LogP contribution in [0.5, 0.6) is 5.75 Å². The van der Waals surface area contributed by atoms with Gasteiger partial charge in [0.25, 0.3) is 0 Å². The Balaban J connectivity index is 1.93. The van der Waals surface area contributed by atoms with Crippen molar-refractivity contribution < 1.29 is 19.1 Å². The third kappa shape index (κ3) is 2.78. The van der Waals surface area contributed by atoms with Crippen LogP contribution in [-0.4, -0.2) is 17.6 Å². The number of hydrogen-bond donors (Lipinski definition) is 2. The van der Waals surface area contributed by atoms with Crippen molar-refractivity contribution in [3.05, 3.63) is 53.5 Å². The van der Waals surface area contributed by atoms with Crippen molar-refractivity contribution in [1.82, 2.24) is 5.32 Å². The van der Waals surface area contributed by atoms with Crippen molar-refractivity contribution >= 4 is 5.91 Å². The molecule has 0 radical (unpaired) electrons. The summed E-state index contributed by atoms with van der Waals surface area (Å²) in [6.07, 6.45) is 1.41. The van der Waals surface area contributed by atoms with E-state index in [-0.39, 0.29) is 11.9 Å². The molecule has 0 saturated heterocycles. The van der Waals surface area contributed by atoms with Gasteiger partial charge in [-0.25, -0.2) is 0 Å². The smallest absolute Gasteiger partial charge is 0.217 e. The lowest BCUT2D eigenvalue weighted by Gasteiger charge is -2.27. The molecule has 0 fully saturated rings. The van der Waals surface area contributed by atoms with Gasteiger partial charge in [0.05, 0.1) is 18.9 Å². The fraction of sp³-hybridized carbons (Fsp3) is 0.312. The molecule has 1 aliphatic heterocycles. The maximum atomic E-state index is 11.3. The molecular formula is C16H17NO4. The van der Waals surface area contributed by atoms with Gasteiger partial charge < -0.3 is 19.6 Å². The lowest BCUT2D eigenvalue weighted by atomic mass is 9.96. The minimum Gasteiger partial charge on any atom is -0.493 e. The van der Waals surface area contributed by atoms with Crippen LogP contribution >= 0.6 is 0 Å². The molecule has 0 bridgehead atoms. The molecule has 1 aliphatic rings. The summed E-state index contributed by atoms with van der Waals surface area (Å²) in [4.78, 5) is 11.3. The van der Waals surface area contributed by atoms with Crippen LogP contribution in [0, 0.1) is 0 Å². The van der Waals surface area contributed by atoms with E-state index in [0.29, 0.717) is 24.4 Å². The van der Waals surface area contributed by atoms with E-state index in [9.17, 15) is 9.90 Å². The van der Waals surface area contributed by atoms with Crippen LogP contribution < -0.4 is 10.1 Å². The van der Waals surface area contributed by atoms with E-state index < -0.39 is 6.10 Å². The molecule has 5 heteroatoms. The highest BCUT2D eigenvalue weighted by Crippen LogP contribution is 2.35. The topological polar surface area (TPSA) is 71.7 Å². The Morgan fingerprint density at radius 3 is 3.00 bits per heavy atom. The van der Waals surface area contributed by atoms with Gasteiger partial charge in [-0.1, -0.05) is 6.07 Å². The molecule has 0 saturated carbocycles. The quantitative estimate of drug-likeness (QED) is 0.908. The number of carbonyl (C=O) groups excluding carboxylic acids is 1. The summed E-state index contributed by atoms with van der Waals surface area (Å²) in [6, 6.07) is 8.87. The average Bonchev–Trinajstić information content (AvgIpc) is 3.00. The molecule has 1 aromatic heterocycles. The Morgan fingerprint density at radius 1 is 1.43 bits per heavy atom. The summed E-state index contributed by atoms with van der Waals surface area (Å²) >= 11 is 0. The van der Waals surface area contributed by atoms with Crippen molar-refractivity contribution in [2.24, 2.45) is 0 Å². The average molecular weight is 287 g/mol. The van der Waals surface area contributed by atoms with Gasteiger partial charge in [-0.15, -0.1) is 0 Å². The zero-order valence-electron chi connectivity index (χ0n) is 11.7. The lowest BCUT2D eigenvalue weighted by molar-refractivity contribution is -0.119. The van der Waals surface area contributed by atoms with E-state index in [2.05, 4.69) is 5.32 Å². The minimum absolute atomic E-state index is 0.0789. The van der Waals surface area contributed by atoms with Crippen LogP contribution in [0.15, 0.2) is 41.0 Å². The van der Waals surface area contributed by atoms with Gasteiger partial charge in [0, 0.05) is 18.9 Å². The molecule has 1 amide bonds. The Kier molecular flexibility index (Phi) is 3.66. The fourth-order valence-electron chi connectivity index (χ4n) is 2.59. The number of nitrogens with one attached hydrogen (secondary N) is 1. The zero-order chi connectivity index (χ0) is 14.8. The van der Waals surface area contributed by atoms with Gasteiger partial charge in [0.2, 0.25) is 5.91 Å². The third-order valence-corrected chi connectivity index (χ3v) is 3.58. The number of benzene rings is 1. The lowest BCUT2D eigenvalue weighted by Crippen LogP contribution is -2.30. The second-order valence-electron chi connectivity index (χ2n) is 5.11. The van der Waals surface area contributed by atoms with Crippen molar-refractivity contribution in [2.75, 3.05) is 6.61 Å². The Bertz CT molecular complexity index is 636. The largest absolute Gasteiger partial charge is 0.493 e. The molecule has 2 aromatic rings. The summed E-state index contributed by atoms with van der Waals surface area (Å²) in [5.74, 6) is 1.16. The Labute approximate surface area is 122 Å². The van der Waals surface area contributed by atoms with E-state index in [1.165, 1.54) is 13.2 Å². The van der Waals surface area contributed by atoms with Crippen molar-refractivity contribution in [3.8, 4) is 5.75 Å². The number of carbonyl (C=O) groups is 1. The SMILES string of the molecule is CC(=O)NC1CCOc2ccc(C(O)c3ccco3)cc21. The first-order chi connectivity index (χ1) is 10.1. The monoisotopic (exact) mass is 287 g/mol. The fourth-order valence-corrected chi connectivity index (χ4v) is 2.59. The first-order valence-corrected chi connectivity index (χ1v) is 6.90. The van der Waals surface area contributed by atoms with Crippen LogP contribution in [0.4, 0.5) is 0 Å². The molecular weight excluding hydrogens is 270 g/mol. The second-order valence-corrected chi connectivity index (χ2v) is 5.11. The molecule has 110 valence electrons. The molecule has 2 atom stereocenters. The first kappa shape index (κ1) is 13.7. The summed E-state index contributed by atoms with van der Waals surface area (Å²) in [6.45, 7) is 2.06. The molecule has 5 nitrogen and oxygen atoms in total. The van der Waals surface area contributed by atoms with Crippen LogP contribution in [0.2, 0.25) is 0 Å². The summed E-state index contributed by atoms with van der Waals surface area (Å²) < 4.78 is 10.8. The molecule has 2 N–H and O–H groups in total. The van der Waals surface area contributed by atoms with Crippen LogP contribution in [0.3, 0.4) is 0 Å². The predicted octanol–water partition coefficient (Wildman–Crippen LogP) is 2.32. The van der Waals surface area contributed by atoms with Crippen LogP contribution in [-0.2, 0) is 4.79 Å². The van der Waals surface area contributed by atoms with Crippen LogP contribution in [0.1, 0.15) is 42.4 Å². The van der Waals surface area contributed by atoms with E-state index in [4.69, 9.17) is 9.15 Å². The van der Waals surface area contributed by atoms with E-state index >= 15 is 0 Å². The van der Waals surface area contributed by atoms with Crippen LogP contribution in [0.25, 0.3) is 0 Å². The molecule has 1 aromatic carbocycles. The summed E-state index contributed by atoms with van der Waals surface area (Å²) in [5, 5.41) is 13.2. The van der Waals surface area contributed by atoms with Gasteiger partial charge in [-0.05, 0) is 29.8 Å². The molecule has 21 heavy (non-hydrogen) atoms. The highest BCUT2D eigenvalue weighted by molar-refractivity contribution is 5.73. The number of hydrogen-bond acceptors (Lipinski definition) is 4. The van der Waals surface area contributed by atoms with Crippen molar-refractivity contribution in [3.63, 3.8) is 0 Å². The second kappa shape index (κ2) is 5.61. The Hall–Kier alpha value is -2.27. The van der Waals surface area contributed by atoms with E-state index in [0.717, 1.165) is 11.3 Å². The maximum Gasteiger partial charge on any atom is 0.217 e. The number of aliphatic hydroxyl groups excluding tert-OH is 1. The van der Waals surface area contributed by atoms with Gasteiger partial charge in [0.1, 0.15) is 17.6 Å². The molecule has 0 spiro atoms. The van der Waals surface area contributed by atoms with E-state index in [1.54, 1.807) is 12.1 Å². The maximum absolute atomic E-state index is 11.3. The van der Waals surface area contributed by atoms with Gasteiger partial charge in [0.15, 0.2) is 0 Å². The number of fused-ring (bicyclic) bond motifs is 1. The van der Waals surface area contributed by atoms with Gasteiger partial charge in [-0.3, -0.25) is 4.79 Å². The standard InChI is InChI=1S/C16H17NO4/c1-10(18)17-13-6-8-21-14-5-4-11(9-12(13)14)16(19)15-3-2-7-20-15/h2-5,7,9,13,16,19H,6,8H2,1H3,(H,17,18). The number of furan rings is 1.